The van der Waals surface area contributed by atoms with Crippen LogP contribution in [-0.2, 0) is 14.9 Å². The SMILES string of the molecule is CC(C)(C)OC(=O)NS(=O)(=O)N1C=CC2(CCN(c3ncnc4[nH]ccc34)CC2)C1. The van der Waals surface area contributed by atoms with Gasteiger partial charge < -0.3 is 14.6 Å². The van der Waals surface area contributed by atoms with Gasteiger partial charge in [0.25, 0.3) is 0 Å². The van der Waals surface area contributed by atoms with Gasteiger partial charge in [0.2, 0.25) is 0 Å². The van der Waals surface area contributed by atoms with E-state index in [1.165, 1.54) is 10.5 Å². The molecule has 4 heterocycles. The Balaban J connectivity index is 1.40. The highest BCUT2D eigenvalue weighted by atomic mass is 32.2. The van der Waals surface area contributed by atoms with Gasteiger partial charge in [0.15, 0.2) is 0 Å². The molecule has 30 heavy (non-hydrogen) atoms. The highest BCUT2D eigenvalue weighted by Crippen LogP contribution is 2.40. The van der Waals surface area contributed by atoms with Crippen LogP contribution in [0.15, 0.2) is 30.9 Å². The van der Waals surface area contributed by atoms with Crippen LogP contribution < -0.4 is 9.62 Å². The number of nitrogens with one attached hydrogen (secondary N) is 2. The predicted octanol–water partition coefficient (Wildman–Crippen LogP) is 2.14. The van der Waals surface area contributed by atoms with Gasteiger partial charge in [-0.25, -0.2) is 19.5 Å². The fraction of sp³-hybridized carbons (Fsp3) is 0.526. The molecule has 2 aromatic heterocycles. The van der Waals surface area contributed by atoms with E-state index >= 15 is 0 Å². The highest BCUT2D eigenvalue weighted by Gasteiger charge is 2.41. The van der Waals surface area contributed by atoms with Crippen molar-refractivity contribution in [2.24, 2.45) is 5.41 Å². The smallest absolute Gasteiger partial charge is 0.422 e. The highest BCUT2D eigenvalue weighted by molar-refractivity contribution is 7.87. The minimum atomic E-state index is -4.01. The van der Waals surface area contributed by atoms with Gasteiger partial charge >= 0.3 is 16.3 Å². The number of carbonyl (C=O) groups excluding carboxylic acids is 1. The lowest BCUT2D eigenvalue weighted by Gasteiger charge is -2.39. The number of carbonyl (C=O) groups is 1. The van der Waals surface area contributed by atoms with E-state index in [2.05, 4.69) is 19.9 Å². The lowest BCUT2D eigenvalue weighted by atomic mass is 9.79. The normalized spacial score (nSPS) is 18.9. The molecule has 162 valence electrons. The zero-order valence-electron chi connectivity index (χ0n) is 17.3. The maximum Gasteiger partial charge on any atom is 0.422 e. The van der Waals surface area contributed by atoms with Crippen LogP contribution in [0.3, 0.4) is 0 Å². The molecule has 2 aliphatic heterocycles. The number of aromatic amines is 1. The van der Waals surface area contributed by atoms with Crippen LogP contribution in [0.25, 0.3) is 11.0 Å². The first kappa shape index (κ1) is 20.5. The van der Waals surface area contributed by atoms with Crippen LogP contribution in [0.1, 0.15) is 33.6 Å². The second-order valence-corrected chi connectivity index (χ2v) is 10.4. The van der Waals surface area contributed by atoms with Crippen molar-refractivity contribution >= 4 is 33.2 Å². The Kier molecular flexibility index (Phi) is 4.88. The molecule has 0 bridgehead atoms. The Morgan fingerprint density at radius 1 is 1.27 bits per heavy atom. The van der Waals surface area contributed by atoms with Crippen molar-refractivity contribution < 1.29 is 17.9 Å². The molecular weight excluding hydrogens is 408 g/mol. The van der Waals surface area contributed by atoms with Crippen LogP contribution in [0, 0.1) is 5.41 Å². The molecule has 0 aromatic carbocycles. The van der Waals surface area contributed by atoms with Crippen molar-refractivity contribution in [1.29, 1.82) is 0 Å². The number of hydrogen-bond acceptors (Lipinski definition) is 7. The Morgan fingerprint density at radius 3 is 2.70 bits per heavy atom. The summed E-state index contributed by atoms with van der Waals surface area (Å²) < 4.78 is 33.4. The van der Waals surface area contributed by atoms with E-state index in [1.54, 1.807) is 27.1 Å². The van der Waals surface area contributed by atoms with Crippen molar-refractivity contribution in [1.82, 2.24) is 24.0 Å². The molecule has 2 aromatic rings. The molecule has 0 saturated carbocycles. The number of fused-ring (bicyclic) bond motifs is 1. The molecule has 0 unspecified atom stereocenters. The molecule has 2 N–H and O–H groups in total. The minimum absolute atomic E-state index is 0.260. The molecule has 1 spiro atoms. The predicted molar refractivity (Wildman–Crippen MR) is 112 cm³/mol. The molecule has 2 aliphatic rings. The maximum absolute atomic E-state index is 12.6. The Labute approximate surface area is 175 Å². The third kappa shape index (κ3) is 4.07. The van der Waals surface area contributed by atoms with E-state index in [0.717, 1.165) is 42.8 Å². The number of H-pyrrole nitrogens is 1. The Bertz CT molecular complexity index is 1080. The van der Waals surface area contributed by atoms with Crippen molar-refractivity contribution in [3.63, 3.8) is 0 Å². The topological polar surface area (TPSA) is 121 Å². The van der Waals surface area contributed by atoms with Crippen molar-refractivity contribution in [3.8, 4) is 0 Å². The number of aromatic nitrogens is 3. The second kappa shape index (κ2) is 7.15. The van der Waals surface area contributed by atoms with Gasteiger partial charge in [-0.15, -0.1) is 0 Å². The summed E-state index contributed by atoms with van der Waals surface area (Å²) in [7, 11) is -4.01. The van der Waals surface area contributed by atoms with Crippen LogP contribution in [0.2, 0.25) is 0 Å². The first-order valence-electron chi connectivity index (χ1n) is 9.82. The average Bonchev–Trinajstić information content (AvgIpc) is 3.28. The summed E-state index contributed by atoms with van der Waals surface area (Å²) in [4.78, 5) is 25.9. The van der Waals surface area contributed by atoms with Gasteiger partial charge in [0, 0.05) is 37.4 Å². The number of amides is 1. The number of piperidine rings is 1. The molecule has 0 radical (unpaired) electrons. The summed E-state index contributed by atoms with van der Waals surface area (Å²) in [6.45, 7) is 6.82. The molecule has 1 amide bonds. The second-order valence-electron chi connectivity index (χ2n) is 8.76. The number of ether oxygens (including phenoxy) is 1. The summed E-state index contributed by atoms with van der Waals surface area (Å²) in [5, 5.41) is 0.973. The molecule has 11 heteroatoms. The lowest BCUT2D eigenvalue weighted by Crippen LogP contribution is -2.46. The van der Waals surface area contributed by atoms with Crippen molar-refractivity contribution in [3.05, 3.63) is 30.9 Å². The average molecular weight is 435 g/mol. The van der Waals surface area contributed by atoms with E-state index in [0.29, 0.717) is 6.54 Å². The Morgan fingerprint density at radius 2 is 2.00 bits per heavy atom. The molecular formula is C19H26N6O4S. The van der Waals surface area contributed by atoms with Gasteiger partial charge in [-0.05, 0) is 39.7 Å². The summed E-state index contributed by atoms with van der Waals surface area (Å²) >= 11 is 0. The summed E-state index contributed by atoms with van der Waals surface area (Å²) in [5.74, 6) is 0.883. The van der Waals surface area contributed by atoms with Crippen molar-refractivity contribution in [2.75, 3.05) is 24.5 Å². The van der Waals surface area contributed by atoms with Crippen LogP contribution in [-0.4, -0.2) is 59.0 Å². The zero-order valence-corrected chi connectivity index (χ0v) is 18.1. The van der Waals surface area contributed by atoms with Crippen LogP contribution in [0.4, 0.5) is 10.6 Å². The van der Waals surface area contributed by atoms with Crippen molar-refractivity contribution in [2.45, 2.75) is 39.2 Å². The quantitative estimate of drug-likeness (QED) is 0.759. The van der Waals surface area contributed by atoms with Gasteiger partial charge in [-0.2, -0.15) is 8.42 Å². The van der Waals surface area contributed by atoms with E-state index in [1.807, 2.05) is 23.1 Å². The first-order chi connectivity index (χ1) is 14.1. The minimum Gasteiger partial charge on any atom is -0.443 e. The molecule has 1 saturated heterocycles. The zero-order chi connectivity index (χ0) is 21.6. The van der Waals surface area contributed by atoms with Crippen LogP contribution >= 0.6 is 0 Å². The van der Waals surface area contributed by atoms with E-state index < -0.39 is 21.9 Å². The summed E-state index contributed by atoms with van der Waals surface area (Å²) in [6, 6.07) is 1.96. The maximum atomic E-state index is 12.6. The summed E-state index contributed by atoms with van der Waals surface area (Å²) in [6.07, 6.45) is 7.43. The van der Waals surface area contributed by atoms with E-state index in [-0.39, 0.29) is 5.41 Å². The van der Waals surface area contributed by atoms with E-state index in [9.17, 15) is 13.2 Å². The number of hydrogen-bond donors (Lipinski definition) is 2. The van der Waals surface area contributed by atoms with E-state index in [4.69, 9.17) is 4.74 Å². The lowest BCUT2D eigenvalue weighted by molar-refractivity contribution is 0.0567. The van der Waals surface area contributed by atoms with Gasteiger partial charge in [0.1, 0.15) is 23.4 Å². The van der Waals surface area contributed by atoms with Gasteiger partial charge in [0.05, 0.1) is 5.39 Å². The molecule has 4 rings (SSSR count). The summed E-state index contributed by atoms with van der Waals surface area (Å²) in [5.41, 5.74) is -0.240. The van der Waals surface area contributed by atoms with Gasteiger partial charge in [-0.3, -0.25) is 4.31 Å². The monoisotopic (exact) mass is 434 g/mol. The third-order valence-corrected chi connectivity index (χ3v) is 6.67. The first-order valence-corrected chi connectivity index (χ1v) is 11.3. The largest absolute Gasteiger partial charge is 0.443 e. The number of nitrogens with zero attached hydrogens (tertiary/aromatic N) is 4. The molecule has 0 atom stereocenters. The third-order valence-electron chi connectivity index (χ3n) is 5.38. The standard InChI is InChI=1S/C19H26N6O4S/c1-18(2,3)29-17(26)23-30(27,28)25-11-7-19(12-25)5-9-24(10-6-19)16-14-4-8-20-15(14)21-13-22-16/h4,7-8,11,13H,5-6,9-10,12H2,1-3H3,(H,23,26)(H,20,21,22). The molecule has 10 nitrogen and oxygen atoms in total. The molecule has 1 fully saturated rings. The molecule has 0 aliphatic carbocycles. The number of anilines is 1. The Hall–Kier alpha value is -2.82. The number of rotatable bonds is 3. The van der Waals surface area contributed by atoms with Crippen LogP contribution in [0.5, 0.6) is 0 Å². The fourth-order valence-electron chi connectivity index (χ4n) is 3.88. The van der Waals surface area contributed by atoms with Gasteiger partial charge in [-0.1, -0.05) is 6.08 Å². The fourth-order valence-corrected chi connectivity index (χ4v) is 4.90.